The summed E-state index contributed by atoms with van der Waals surface area (Å²) in [5, 5.41) is 8.15. The molecule has 0 fully saturated rings. The number of aromatic nitrogens is 4. The van der Waals surface area contributed by atoms with E-state index in [0.717, 1.165) is 11.1 Å². The second kappa shape index (κ2) is 6.31. The van der Waals surface area contributed by atoms with E-state index >= 15 is 0 Å². The molecule has 0 aliphatic heterocycles. The van der Waals surface area contributed by atoms with Gasteiger partial charge in [0, 0.05) is 30.1 Å². The van der Waals surface area contributed by atoms with Crippen LogP contribution in [-0.2, 0) is 13.1 Å². The van der Waals surface area contributed by atoms with E-state index in [0.29, 0.717) is 24.9 Å². The average molecular weight is 296 g/mol. The lowest BCUT2D eigenvalue weighted by Crippen LogP contribution is -2.17. The van der Waals surface area contributed by atoms with Crippen LogP contribution in [0.3, 0.4) is 0 Å². The Morgan fingerprint density at radius 1 is 1.05 bits per heavy atom. The Kier molecular flexibility index (Phi) is 4.06. The van der Waals surface area contributed by atoms with E-state index in [2.05, 4.69) is 20.2 Å². The van der Waals surface area contributed by atoms with Gasteiger partial charge in [0.05, 0.1) is 6.54 Å². The number of anilines is 1. The van der Waals surface area contributed by atoms with Gasteiger partial charge in [-0.2, -0.15) is 0 Å². The smallest absolute Gasteiger partial charge is 0.247 e. The lowest BCUT2D eigenvalue weighted by Gasteiger charge is -2.13. The summed E-state index contributed by atoms with van der Waals surface area (Å²) < 4.78 is 5.68. The van der Waals surface area contributed by atoms with E-state index in [1.165, 1.54) is 0 Å². The summed E-state index contributed by atoms with van der Waals surface area (Å²) in [4.78, 5) is 9.98. The van der Waals surface area contributed by atoms with Crippen molar-refractivity contribution in [1.29, 1.82) is 0 Å². The molecule has 2 N–H and O–H groups in total. The first-order valence-electron chi connectivity index (χ1n) is 6.83. The summed E-state index contributed by atoms with van der Waals surface area (Å²) in [6, 6.07) is 9.70. The molecular weight excluding hydrogens is 280 g/mol. The van der Waals surface area contributed by atoms with Crippen LogP contribution in [0.5, 0.6) is 0 Å². The predicted octanol–water partition coefficient (Wildman–Crippen LogP) is 1.74. The molecule has 2 heterocycles. The second-order valence-corrected chi connectivity index (χ2v) is 4.99. The summed E-state index contributed by atoms with van der Waals surface area (Å²) in [6.07, 6.45) is 3.42. The topological polar surface area (TPSA) is 94.0 Å². The minimum Gasteiger partial charge on any atom is -0.419 e. The molecule has 7 heteroatoms. The van der Waals surface area contributed by atoms with Crippen molar-refractivity contribution in [2.24, 2.45) is 0 Å². The fourth-order valence-corrected chi connectivity index (χ4v) is 2.06. The second-order valence-electron chi connectivity index (χ2n) is 4.99. The molecule has 3 aromatic rings. The maximum atomic E-state index is 5.68. The van der Waals surface area contributed by atoms with E-state index in [4.69, 9.17) is 10.2 Å². The highest BCUT2D eigenvalue weighted by molar-refractivity contribution is 5.51. The van der Waals surface area contributed by atoms with E-state index in [9.17, 15) is 0 Å². The van der Waals surface area contributed by atoms with E-state index in [1.54, 1.807) is 12.4 Å². The summed E-state index contributed by atoms with van der Waals surface area (Å²) >= 11 is 0. The maximum Gasteiger partial charge on any atom is 0.247 e. The Hall–Kier alpha value is -2.80. The van der Waals surface area contributed by atoms with E-state index in [1.807, 2.05) is 42.3 Å². The molecule has 0 aliphatic carbocycles. The number of hydrogen-bond acceptors (Lipinski definition) is 7. The molecule has 0 aliphatic rings. The molecule has 0 spiro atoms. The van der Waals surface area contributed by atoms with Crippen LogP contribution in [0.2, 0.25) is 0 Å². The number of rotatable bonds is 5. The number of nitrogen functional groups attached to an aromatic ring is 1. The third-order valence-corrected chi connectivity index (χ3v) is 3.07. The lowest BCUT2D eigenvalue weighted by molar-refractivity contribution is 0.282. The normalized spacial score (nSPS) is 11.0. The van der Waals surface area contributed by atoms with Gasteiger partial charge in [-0.1, -0.05) is 18.2 Å². The maximum absolute atomic E-state index is 5.68. The van der Waals surface area contributed by atoms with Gasteiger partial charge >= 0.3 is 0 Å². The highest BCUT2D eigenvalue weighted by Gasteiger charge is 2.10. The highest BCUT2D eigenvalue weighted by atomic mass is 16.4. The molecule has 0 unspecified atom stereocenters. The van der Waals surface area contributed by atoms with Crippen LogP contribution < -0.4 is 5.73 Å². The van der Waals surface area contributed by atoms with Crippen molar-refractivity contribution in [1.82, 2.24) is 25.1 Å². The van der Waals surface area contributed by atoms with Gasteiger partial charge in [-0.25, -0.2) is 9.97 Å². The molecule has 112 valence electrons. The van der Waals surface area contributed by atoms with Crippen molar-refractivity contribution in [2.45, 2.75) is 13.1 Å². The molecule has 0 bridgehead atoms. The van der Waals surface area contributed by atoms with Crippen LogP contribution in [0, 0.1) is 0 Å². The molecule has 0 amide bonds. The van der Waals surface area contributed by atoms with Gasteiger partial charge in [0.1, 0.15) is 0 Å². The van der Waals surface area contributed by atoms with Crippen molar-refractivity contribution in [2.75, 3.05) is 12.8 Å². The Morgan fingerprint density at radius 3 is 2.50 bits per heavy atom. The third kappa shape index (κ3) is 3.44. The van der Waals surface area contributed by atoms with Crippen LogP contribution in [0.1, 0.15) is 11.5 Å². The fraction of sp³-hybridized carbons (Fsp3) is 0.200. The fourth-order valence-electron chi connectivity index (χ4n) is 2.06. The zero-order valence-corrected chi connectivity index (χ0v) is 12.2. The summed E-state index contributed by atoms with van der Waals surface area (Å²) in [5.41, 5.74) is 7.35. The molecule has 0 saturated carbocycles. The van der Waals surface area contributed by atoms with Crippen LogP contribution in [0.15, 0.2) is 47.1 Å². The predicted molar refractivity (Wildman–Crippen MR) is 81.3 cm³/mol. The van der Waals surface area contributed by atoms with Gasteiger partial charge in [-0.15, -0.1) is 10.2 Å². The lowest BCUT2D eigenvalue weighted by atomic mass is 10.2. The molecule has 0 atom stereocenters. The summed E-state index contributed by atoms with van der Waals surface area (Å²) in [6.45, 7) is 1.22. The highest BCUT2D eigenvalue weighted by Crippen LogP contribution is 2.17. The van der Waals surface area contributed by atoms with Crippen molar-refractivity contribution >= 4 is 5.95 Å². The van der Waals surface area contributed by atoms with Gasteiger partial charge in [-0.05, 0) is 19.2 Å². The van der Waals surface area contributed by atoms with Gasteiger partial charge in [0.25, 0.3) is 0 Å². The number of nitrogens with zero attached hydrogens (tertiary/aromatic N) is 5. The summed E-state index contributed by atoms with van der Waals surface area (Å²) in [5.74, 6) is 1.37. The Balaban J connectivity index is 1.63. The van der Waals surface area contributed by atoms with Crippen molar-refractivity contribution in [3.05, 3.63) is 54.2 Å². The van der Waals surface area contributed by atoms with Gasteiger partial charge in [0.15, 0.2) is 0 Å². The van der Waals surface area contributed by atoms with Crippen molar-refractivity contribution < 1.29 is 4.42 Å². The largest absolute Gasteiger partial charge is 0.419 e. The minimum atomic E-state index is 0.274. The van der Waals surface area contributed by atoms with Crippen molar-refractivity contribution in [3.8, 4) is 11.5 Å². The van der Waals surface area contributed by atoms with Crippen LogP contribution in [-0.4, -0.2) is 32.1 Å². The first-order chi connectivity index (χ1) is 10.7. The molecule has 7 nitrogen and oxygen atoms in total. The summed E-state index contributed by atoms with van der Waals surface area (Å²) in [7, 11) is 1.96. The monoisotopic (exact) mass is 296 g/mol. The Bertz CT molecular complexity index is 725. The van der Waals surface area contributed by atoms with Gasteiger partial charge in [-0.3, -0.25) is 4.90 Å². The SMILES string of the molecule is CN(Cc1cnc(N)nc1)Cc1nnc(-c2ccccc2)o1. The van der Waals surface area contributed by atoms with Gasteiger partial charge < -0.3 is 10.2 Å². The number of hydrogen-bond donors (Lipinski definition) is 1. The van der Waals surface area contributed by atoms with Crippen LogP contribution >= 0.6 is 0 Å². The zero-order valence-electron chi connectivity index (χ0n) is 12.2. The standard InChI is InChI=1S/C15H16N6O/c1-21(9-11-7-17-15(16)18-8-11)10-13-19-20-14(22-13)12-5-3-2-4-6-12/h2-8H,9-10H2,1H3,(H2,16,17,18). The first kappa shape index (κ1) is 14.2. The third-order valence-electron chi connectivity index (χ3n) is 3.07. The van der Waals surface area contributed by atoms with E-state index in [-0.39, 0.29) is 5.95 Å². The average Bonchev–Trinajstić information content (AvgIpc) is 2.99. The molecule has 0 saturated heterocycles. The quantitative estimate of drug-likeness (QED) is 0.766. The van der Waals surface area contributed by atoms with Crippen LogP contribution in [0.4, 0.5) is 5.95 Å². The molecule has 22 heavy (non-hydrogen) atoms. The minimum absolute atomic E-state index is 0.274. The molecule has 3 rings (SSSR count). The number of nitrogens with two attached hydrogens (primary N) is 1. The zero-order chi connectivity index (χ0) is 15.4. The van der Waals surface area contributed by atoms with Crippen molar-refractivity contribution in [3.63, 3.8) is 0 Å². The molecule has 2 aromatic heterocycles. The number of benzene rings is 1. The Morgan fingerprint density at radius 2 is 1.77 bits per heavy atom. The molecule has 0 radical (unpaired) electrons. The molecule has 1 aromatic carbocycles. The first-order valence-corrected chi connectivity index (χ1v) is 6.83. The van der Waals surface area contributed by atoms with Crippen LogP contribution in [0.25, 0.3) is 11.5 Å². The van der Waals surface area contributed by atoms with E-state index < -0.39 is 0 Å². The molecular formula is C15H16N6O. The Labute approximate surface area is 127 Å². The van der Waals surface area contributed by atoms with Gasteiger partial charge in [0.2, 0.25) is 17.7 Å².